The lowest BCUT2D eigenvalue weighted by Crippen LogP contribution is -2.26. The monoisotopic (exact) mass is 509 g/mol. The Kier molecular flexibility index (Phi) is 8.51. The third-order valence-electron chi connectivity index (χ3n) is 5.24. The quantitative estimate of drug-likeness (QED) is 0.346. The van der Waals surface area contributed by atoms with Crippen LogP contribution in [0.4, 0.5) is 20.2 Å². The molecule has 4 rings (SSSR count). The Labute approximate surface area is 210 Å². The molecular formula is C26H25F2N5O4. The van der Waals surface area contributed by atoms with Crippen LogP contribution in [-0.2, 0) is 11.3 Å². The highest BCUT2D eigenvalue weighted by atomic mass is 19.1. The number of nitrogens with zero attached hydrogens (tertiary/aromatic N) is 2. The molecule has 0 radical (unpaired) electrons. The Balaban J connectivity index is 0.000000695. The van der Waals surface area contributed by atoms with Crippen LogP contribution in [0, 0.1) is 11.6 Å². The summed E-state index contributed by atoms with van der Waals surface area (Å²) in [6.07, 6.45) is 1.98. The second-order valence-electron chi connectivity index (χ2n) is 8.13. The van der Waals surface area contributed by atoms with Gasteiger partial charge >= 0.3 is 0 Å². The van der Waals surface area contributed by atoms with Gasteiger partial charge in [0.05, 0.1) is 12.1 Å². The first kappa shape index (κ1) is 26.8. The number of carbonyl (C=O) groups excluding carboxylic acids is 2. The summed E-state index contributed by atoms with van der Waals surface area (Å²) in [6, 6.07) is 12.8. The second-order valence-corrected chi connectivity index (χ2v) is 8.13. The molecule has 0 spiro atoms. The Morgan fingerprint density at radius 2 is 1.59 bits per heavy atom. The lowest BCUT2D eigenvalue weighted by atomic mass is 10.1. The van der Waals surface area contributed by atoms with Crippen LogP contribution >= 0.6 is 0 Å². The van der Waals surface area contributed by atoms with Crippen LogP contribution in [0.2, 0.25) is 0 Å². The molecule has 11 heteroatoms. The number of pyridine rings is 2. The van der Waals surface area contributed by atoms with Crippen molar-refractivity contribution in [2.45, 2.75) is 6.54 Å². The van der Waals surface area contributed by atoms with Gasteiger partial charge in [0, 0.05) is 50.3 Å². The summed E-state index contributed by atoms with van der Waals surface area (Å²) in [5, 5.41) is 5.58. The van der Waals surface area contributed by atoms with Gasteiger partial charge < -0.3 is 25.1 Å². The van der Waals surface area contributed by atoms with Crippen LogP contribution in [0.1, 0.15) is 15.9 Å². The topological polar surface area (TPSA) is 116 Å². The zero-order valence-corrected chi connectivity index (χ0v) is 20.3. The Morgan fingerprint density at radius 1 is 1.00 bits per heavy atom. The first-order valence-electron chi connectivity index (χ1n) is 11.0. The zero-order chi connectivity index (χ0) is 27.1. The molecule has 9 nitrogen and oxygen atoms in total. The van der Waals surface area contributed by atoms with E-state index in [0.29, 0.717) is 5.69 Å². The lowest BCUT2D eigenvalue weighted by Gasteiger charge is -2.14. The van der Waals surface area contributed by atoms with Crippen molar-refractivity contribution in [3.63, 3.8) is 0 Å². The number of hydrogen-bond donors (Lipinski definition) is 3. The lowest BCUT2D eigenvalue weighted by molar-refractivity contribution is -0.115. The van der Waals surface area contributed by atoms with Crippen molar-refractivity contribution in [2.24, 2.45) is 0 Å². The predicted molar refractivity (Wildman–Crippen MR) is 138 cm³/mol. The van der Waals surface area contributed by atoms with Gasteiger partial charge in [-0.05, 0) is 42.5 Å². The van der Waals surface area contributed by atoms with E-state index in [0.717, 1.165) is 24.2 Å². The van der Waals surface area contributed by atoms with Crippen molar-refractivity contribution in [3.8, 4) is 0 Å². The summed E-state index contributed by atoms with van der Waals surface area (Å²) in [5.41, 5.74) is -0.390. The number of amides is 2. The Hall–Kier alpha value is -4.80. The number of anilines is 2. The summed E-state index contributed by atoms with van der Waals surface area (Å²) >= 11 is 0. The normalized spacial score (nSPS) is 10.3. The van der Waals surface area contributed by atoms with E-state index in [1.54, 1.807) is 45.4 Å². The van der Waals surface area contributed by atoms with Gasteiger partial charge in [-0.2, -0.15) is 0 Å². The number of aromatic nitrogens is 2. The molecule has 0 atom stereocenters. The molecule has 2 aromatic carbocycles. The highest BCUT2D eigenvalue weighted by molar-refractivity contribution is 6.05. The average Bonchev–Trinajstić information content (AvgIpc) is 2.88. The van der Waals surface area contributed by atoms with Crippen LogP contribution in [-0.4, -0.2) is 47.9 Å². The van der Waals surface area contributed by atoms with Crippen LogP contribution in [0.3, 0.4) is 0 Å². The van der Waals surface area contributed by atoms with Crippen LogP contribution < -0.4 is 21.6 Å². The molecule has 0 saturated heterocycles. The fraction of sp³-hybridized carbons (Fsp3) is 0.154. The Bertz CT molecular complexity index is 1530. The van der Waals surface area contributed by atoms with Gasteiger partial charge in [0.1, 0.15) is 22.7 Å². The molecule has 192 valence electrons. The van der Waals surface area contributed by atoms with Crippen molar-refractivity contribution in [3.05, 3.63) is 104 Å². The van der Waals surface area contributed by atoms with Crippen LogP contribution in [0.15, 0.2) is 70.4 Å². The van der Waals surface area contributed by atoms with E-state index in [2.05, 4.69) is 15.6 Å². The molecule has 0 saturated carbocycles. The number of hydrogen-bond acceptors (Lipinski definition) is 5. The van der Waals surface area contributed by atoms with Crippen molar-refractivity contribution < 1.29 is 18.4 Å². The Morgan fingerprint density at radius 3 is 2.16 bits per heavy atom. The molecule has 2 amide bonds. The predicted octanol–water partition coefficient (Wildman–Crippen LogP) is 3.01. The summed E-state index contributed by atoms with van der Waals surface area (Å²) in [5.74, 6) is -2.25. The highest BCUT2D eigenvalue weighted by Gasteiger charge is 2.18. The van der Waals surface area contributed by atoms with E-state index in [4.69, 9.17) is 0 Å². The van der Waals surface area contributed by atoms with Crippen molar-refractivity contribution in [1.29, 1.82) is 0 Å². The fourth-order valence-corrected chi connectivity index (χ4v) is 3.36. The number of nitrogens with one attached hydrogen (secondary N) is 3. The summed E-state index contributed by atoms with van der Waals surface area (Å²) in [4.78, 5) is 50.9. The van der Waals surface area contributed by atoms with Gasteiger partial charge in [-0.15, -0.1) is 0 Å². The first-order valence-corrected chi connectivity index (χ1v) is 11.0. The van der Waals surface area contributed by atoms with Crippen LogP contribution in [0.5, 0.6) is 0 Å². The van der Waals surface area contributed by atoms with Gasteiger partial charge in [-0.3, -0.25) is 19.2 Å². The van der Waals surface area contributed by atoms with Crippen LogP contribution in [0.25, 0.3) is 11.0 Å². The van der Waals surface area contributed by atoms with Gasteiger partial charge in [-0.25, -0.2) is 8.78 Å². The molecule has 37 heavy (non-hydrogen) atoms. The minimum Gasteiger partial charge on any atom is -0.388 e. The van der Waals surface area contributed by atoms with E-state index in [-0.39, 0.29) is 28.7 Å². The summed E-state index contributed by atoms with van der Waals surface area (Å²) < 4.78 is 29.8. The maximum absolute atomic E-state index is 14.2. The van der Waals surface area contributed by atoms with Crippen molar-refractivity contribution in [2.75, 3.05) is 31.8 Å². The number of halogens is 2. The fourth-order valence-electron chi connectivity index (χ4n) is 3.36. The van der Waals surface area contributed by atoms with E-state index in [9.17, 15) is 28.0 Å². The number of H-pyrrole nitrogens is 1. The van der Waals surface area contributed by atoms with Crippen molar-refractivity contribution >= 4 is 34.7 Å². The van der Waals surface area contributed by atoms with E-state index >= 15 is 0 Å². The summed E-state index contributed by atoms with van der Waals surface area (Å²) in [7, 11) is 5.13. The molecule has 2 heterocycles. The van der Waals surface area contributed by atoms with E-state index in [1.807, 2.05) is 0 Å². The SMILES string of the molecule is CN(C)C=O.CNc1ccc(NC(=O)c2cn(Cc3c(F)cccc3F)c3ccc(=O)[nH]c3c2=O)cc1. The van der Waals surface area contributed by atoms with E-state index in [1.165, 1.54) is 33.9 Å². The smallest absolute Gasteiger partial charge is 0.261 e. The summed E-state index contributed by atoms with van der Waals surface area (Å²) in [6.45, 7) is -0.293. The van der Waals surface area contributed by atoms with Gasteiger partial charge in [0.15, 0.2) is 0 Å². The molecule has 3 N–H and O–H groups in total. The number of fused-ring (bicyclic) bond motifs is 1. The molecule has 0 aliphatic carbocycles. The number of rotatable bonds is 6. The standard InChI is InChI=1S/C23H18F2N4O3.C3H7NO/c1-26-13-5-7-14(8-6-13)27-23(32)16-12-29(11-15-17(24)3-2-4-18(15)25)19-9-10-20(30)28-21(19)22(16)31;1-4(2)3-5/h2-10,12,26H,11H2,1H3,(H,27,32)(H,28,30);3H,1-2H3. The maximum Gasteiger partial charge on any atom is 0.261 e. The average molecular weight is 510 g/mol. The molecule has 0 bridgehead atoms. The number of aromatic amines is 1. The van der Waals surface area contributed by atoms with Gasteiger partial charge in [0.2, 0.25) is 17.4 Å². The maximum atomic E-state index is 14.2. The molecule has 0 aliphatic rings. The minimum absolute atomic E-state index is 0.132. The second kappa shape index (κ2) is 11.8. The van der Waals surface area contributed by atoms with Gasteiger partial charge in [-0.1, -0.05) is 6.07 Å². The molecule has 2 aromatic heterocycles. The largest absolute Gasteiger partial charge is 0.388 e. The third kappa shape index (κ3) is 6.45. The van der Waals surface area contributed by atoms with Crippen molar-refractivity contribution in [1.82, 2.24) is 14.5 Å². The zero-order valence-electron chi connectivity index (χ0n) is 20.3. The molecule has 0 unspecified atom stereocenters. The molecule has 0 aliphatic heterocycles. The van der Waals surface area contributed by atoms with Gasteiger partial charge in [0.25, 0.3) is 5.91 Å². The minimum atomic E-state index is -0.767. The molecular weight excluding hydrogens is 484 g/mol. The highest BCUT2D eigenvalue weighted by Crippen LogP contribution is 2.18. The van der Waals surface area contributed by atoms with E-state index < -0.39 is 28.5 Å². The molecule has 0 fully saturated rings. The third-order valence-corrected chi connectivity index (χ3v) is 5.24. The first-order chi connectivity index (χ1) is 17.6. The number of carbonyl (C=O) groups is 2. The number of benzene rings is 2. The molecule has 4 aromatic rings.